The minimum Gasteiger partial charge on any atom is -0.385 e. The maximum absolute atomic E-state index is 10.6. The molecule has 0 aromatic heterocycles. The lowest BCUT2D eigenvalue weighted by Gasteiger charge is -2.20. The van der Waals surface area contributed by atoms with Crippen LogP contribution in [0.2, 0.25) is 0 Å². The van der Waals surface area contributed by atoms with Gasteiger partial charge in [-0.15, -0.1) is 0 Å². The van der Waals surface area contributed by atoms with Gasteiger partial charge in [0.25, 0.3) is 0 Å². The SMILES string of the molecule is CNCCCC1c2ccccc2C(O)C(O)c2ccccc21. The van der Waals surface area contributed by atoms with Gasteiger partial charge in [0.1, 0.15) is 12.2 Å². The highest BCUT2D eigenvalue weighted by Gasteiger charge is 2.32. The highest BCUT2D eigenvalue weighted by atomic mass is 16.3. The number of aliphatic hydroxyl groups is 2. The maximum atomic E-state index is 10.6. The zero-order chi connectivity index (χ0) is 15.5. The summed E-state index contributed by atoms with van der Waals surface area (Å²) in [7, 11) is 1.96. The Hall–Kier alpha value is -1.68. The van der Waals surface area contributed by atoms with Gasteiger partial charge in [-0.05, 0) is 48.7 Å². The van der Waals surface area contributed by atoms with Crippen molar-refractivity contribution in [1.82, 2.24) is 5.32 Å². The van der Waals surface area contributed by atoms with E-state index in [0.717, 1.165) is 41.6 Å². The third-order valence-electron chi connectivity index (χ3n) is 4.60. The Labute approximate surface area is 131 Å². The van der Waals surface area contributed by atoms with Gasteiger partial charge in [0.2, 0.25) is 0 Å². The number of aliphatic hydroxyl groups excluding tert-OH is 2. The van der Waals surface area contributed by atoms with Crippen LogP contribution in [-0.2, 0) is 0 Å². The van der Waals surface area contributed by atoms with Crippen LogP contribution < -0.4 is 5.32 Å². The largest absolute Gasteiger partial charge is 0.385 e. The molecule has 0 aliphatic heterocycles. The van der Waals surface area contributed by atoms with Crippen LogP contribution in [0.4, 0.5) is 0 Å². The smallest absolute Gasteiger partial charge is 0.109 e. The van der Waals surface area contributed by atoms with Gasteiger partial charge in [-0.1, -0.05) is 48.5 Å². The van der Waals surface area contributed by atoms with Crippen molar-refractivity contribution in [3.8, 4) is 0 Å². The Kier molecular flexibility index (Phi) is 4.57. The standard InChI is InChI=1S/C19H23NO2/c1-20-12-6-11-13-14-7-2-4-9-16(14)18(21)19(22)17-10-5-3-8-15(13)17/h2-5,7-10,13,18-22H,6,11-12H2,1H3. The van der Waals surface area contributed by atoms with Gasteiger partial charge in [-0.2, -0.15) is 0 Å². The van der Waals surface area contributed by atoms with Crippen molar-refractivity contribution in [3.05, 3.63) is 70.8 Å². The fourth-order valence-corrected chi connectivity index (χ4v) is 3.50. The molecule has 3 nitrogen and oxygen atoms in total. The van der Waals surface area contributed by atoms with Gasteiger partial charge >= 0.3 is 0 Å². The molecule has 0 saturated carbocycles. The molecule has 2 aromatic rings. The second-order valence-electron chi connectivity index (χ2n) is 5.95. The molecule has 3 heteroatoms. The third-order valence-corrected chi connectivity index (χ3v) is 4.60. The predicted octanol–water partition coefficient (Wildman–Crippen LogP) is 2.90. The summed E-state index contributed by atoms with van der Waals surface area (Å²) in [5.41, 5.74) is 3.96. The monoisotopic (exact) mass is 297 g/mol. The molecule has 0 radical (unpaired) electrons. The zero-order valence-electron chi connectivity index (χ0n) is 12.9. The molecule has 22 heavy (non-hydrogen) atoms. The van der Waals surface area contributed by atoms with Crippen molar-refractivity contribution in [3.63, 3.8) is 0 Å². The molecule has 2 aromatic carbocycles. The summed E-state index contributed by atoms with van der Waals surface area (Å²) in [6.45, 7) is 0.964. The molecule has 0 amide bonds. The van der Waals surface area contributed by atoms with Crippen molar-refractivity contribution in [1.29, 1.82) is 0 Å². The Morgan fingerprint density at radius 3 is 1.73 bits per heavy atom. The van der Waals surface area contributed by atoms with Crippen molar-refractivity contribution in [2.75, 3.05) is 13.6 Å². The zero-order valence-corrected chi connectivity index (χ0v) is 12.9. The summed E-state index contributed by atoms with van der Waals surface area (Å²) in [5, 5.41) is 24.4. The molecule has 0 heterocycles. The number of nitrogens with one attached hydrogen (secondary N) is 1. The number of hydrogen-bond donors (Lipinski definition) is 3. The van der Waals surface area contributed by atoms with E-state index in [2.05, 4.69) is 17.4 Å². The van der Waals surface area contributed by atoms with E-state index in [1.165, 1.54) is 0 Å². The second-order valence-corrected chi connectivity index (χ2v) is 5.95. The lowest BCUT2D eigenvalue weighted by Crippen LogP contribution is -2.11. The van der Waals surface area contributed by atoms with Crippen LogP contribution in [0, 0.1) is 0 Å². The number of rotatable bonds is 4. The van der Waals surface area contributed by atoms with Crippen LogP contribution in [0.3, 0.4) is 0 Å². The first-order valence-electron chi connectivity index (χ1n) is 7.92. The van der Waals surface area contributed by atoms with Gasteiger partial charge in [-0.3, -0.25) is 0 Å². The summed E-state index contributed by atoms with van der Waals surface area (Å²) >= 11 is 0. The minimum atomic E-state index is -0.869. The van der Waals surface area contributed by atoms with Gasteiger partial charge < -0.3 is 15.5 Å². The van der Waals surface area contributed by atoms with E-state index in [4.69, 9.17) is 0 Å². The topological polar surface area (TPSA) is 52.5 Å². The molecule has 2 atom stereocenters. The number of fused-ring (bicyclic) bond motifs is 2. The lowest BCUT2D eigenvalue weighted by molar-refractivity contribution is 0.0176. The van der Waals surface area contributed by atoms with E-state index in [1.54, 1.807) is 0 Å². The first-order chi connectivity index (χ1) is 10.7. The third kappa shape index (κ3) is 2.68. The molecule has 0 bridgehead atoms. The van der Waals surface area contributed by atoms with E-state index < -0.39 is 12.2 Å². The fraction of sp³-hybridized carbons (Fsp3) is 0.368. The van der Waals surface area contributed by atoms with E-state index in [9.17, 15) is 10.2 Å². The quantitative estimate of drug-likeness (QED) is 0.761. The van der Waals surface area contributed by atoms with Crippen LogP contribution in [0.1, 0.15) is 53.2 Å². The summed E-state index contributed by atoms with van der Waals surface area (Å²) in [5.74, 6) is 0.215. The highest BCUT2D eigenvalue weighted by Crippen LogP contribution is 2.44. The second kappa shape index (κ2) is 6.61. The predicted molar refractivity (Wildman–Crippen MR) is 87.8 cm³/mol. The Morgan fingerprint density at radius 1 is 0.818 bits per heavy atom. The van der Waals surface area contributed by atoms with Gasteiger partial charge in [0.05, 0.1) is 0 Å². The molecule has 1 aliphatic rings. The molecule has 3 rings (SSSR count). The molecule has 0 spiro atoms. The summed E-state index contributed by atoms with van der Waals surface area (Å²) in [4.78, 5) is 0. The molecule has 0 fully saturated rings. The van der Waals surface area contributed by atoms with Gasteiger partial charge in [-0.25, -0.2) is 0 Å². The summed E-state index contributed by atoms with van der Waals surface area (Å²) < 4.78 is 0. The first kappa shape index (κ1) is 15.2. The fourth-order valence-electron chi connectivity index (χ4n) is 3.50. The number of hydrogen-bond acceptors (Lipinski definition) is 3. The molecule has 3 N–H and O–H groups in total. The van der Waals surface area contributed by atoms with Crippen molar-refractivity contribution in [2.45, 2.75) is 31.0 Å². The van der Waals surface area contributed by atoms with Crippen molar-refractivity contribution < 1.29 is 10.2 Å². The molecule has 116 valence electrons. The first-order valence-corrected chi connectivity index (χ1v) is 7.92. The van der Waals surface area contributed by atoms with Crippen molar-refractivity contribution in [2.24, 2.45) is 0 Å². The van der Waals surface area contributed by atoms with Crippen LogP contribution in [0.15, 0.2) is 48.5 Å². The van der Waals surface area contributed by atoms with Crippen LogP contribution in [0.25, 0.3) is 0 Å². The minimum absolute atomic E-state index is 0.215. The maximum Gasteiger partial charge on any atom is 0.109 e. The highest BCUT2D eigenvalue weighted by molar-refractivity contribution is 5.47. The molecule has 1 aliphatic carbocycles. The summed E-state index contributed by atoms with van der Waals surface area (Å²) in [6.07, 6.45) is 0.308. The average Bonchev–Trinajstić information content (AvgIpc) is 2.65. The van der Waals surface area contributed by atoms with Crippen LogP contribution in [-0.4, -0.2) is 23.8 Å². The van der Waals surface area contributed by atoms with Crippen LogP contribution in [0.5, 0.6) is 0 Å². The Morgan fingerprint density at radius 2 is 1.27 bits per heavy atom. The van der Waals surface area contributed by atoms with E-state index >= 15 is 0 Å². The molecular formula is C19H23NO2. The van der Waals surface area contributed by atoms with E-state index in [1.807, 2.05) is 43.4 Å². The average molecular weight is 297 g/mol. The molecular weight excluding hydrogens is 274 g/mol. The molecule has 0 saturated heterocycles. The Balaban J connectivity index is 2.11. The normalized spacial score (nSPS) is 23.5. The Bertz CT molecular complexity index is 589. The van der Waals surface area contributed by atoms with Crippen LogP contribution >= 0.6 is 0 Å². The van der Waals surface area contributed by atoms with Crippen molar-refractivity contribution >= 4 is 0 Å². The molecule has 2 unspecified atom stereocenters. The van der Waals surface area contributed by atoms with E-state index in [-0.39, 0.29) is 5.92 Å². The van der Waals surface area contributed by atoms with Gasteiger partial charge in [0.15, 0.2) is 0 Å². The van der Waals surface area contributed by atoms with E-state index in [0.29, 0.717) is 0 Å². The lowest BCUT2D eigenvalue weighted by atomic mass is 9.84. The summed E-state index contributed by atoms with van der Waals surface area (Å²) in [6, 6.07) is 15.9. The van der Waals surface area contributed by atoms with Gasteiger partial charge in [0, 0.05) is 5.92 Å². The number of benzene rings is 2.